The van der Waals surface area contributed by atoms with Crippen LogP contribution in [-0.2, 0) is 14.3 Å². The van der Waals surface area contributed by atoms with Crippen LogP contribution in [0.25, 0.3) is 0 Å². The number of ether oxygens (including phenoxy) is 1. The van der Waals surface area contributed by atoms with Gasteiger partial charge < -0.3 is 9.84 Å². The Morgan fingerprint density at radius 2 is 2.00 bits per heavy atom. The van der Waals surface area contributed by atoms with Gasteiger partial charge >= 0.3 is 11.9 Å². The highest BCUT2D eigenvalue weighted by molar-refractivity contribution is 8.00. The molecule has 2 atom stereocenters. The molecule has 1 saturated heterocycles. The Morgan fingerprint density at radius 1 is 1.28 bits per heavy atom. The van der Waals surface area contributed by atoms with Crippen molar-refractivity contribution in [2.24, 2.45) is 0 Å². The maximum Gasteiger partial charge on any atom is 0.320 e. The molecular weight excluding hydrogens is 252 g/mol. The molecule has 0 aromatic carbocycles. The molecule has 1 fully saturated rings. The summed E-state index contributed by atoms with van der Waals surface area (Å²) < 4.78 is 5.25. The van der Waals surface area contributed by atoms with E-state index in [-0.39, 0.29) is 5.97 Å². The van der Waals surface area contributed by atoms with E-state index in [0.29, 0.717) is 12.8 Å². The SMILES string of the molecule is CCCCCCCC(=O)OC1CCSC1C(=O)O. The summed E-state index contributed by atoms with van der Waals surface area (Å²) in [5.74, 6) is -0.366. The summed E-state index contributed by atoms with van der Waals surface area (Å²) in [5, 5.41) is 8.38. The van der Waals surface area contributed by atoms with Gasteiger partial charge in [-0.25, -0.2) is 0 Å². The molecule has 0 amide bonds. The topological polar surface area (TPSA) is 63.6 Å². The standard InChI is InChI=1S/C13H22O4S/c1-2-3-4-5-6-7-11(14)17-10-8-9-18-12(10)13(15)16/h10,12H,2-9H2,1H3,(H,15,16). The van der Waals surface area contributed by atoms with E-state index in [1.807, 2.05) is 0 Å². The van der Waals surface area contributed by atoms with E-state index < -0.39 is 17.3 Å². The van der Waals surface area contributed by atoms with Crippen molar-refractivity contribution in [1.82, 2.24) is 0 Å². The van der Waals surface area contributed by atoms with Crippen LogP contribution in [0.1, 0.15) is 51.9 Å². The Hall–Kier alpha value is -0.710. The molecule has 0 aromatic heterocycles. The minimum atomic E-state index is -0.877. The first-order valence-corrected chi connectivity index (χ1v) is 7.74. The molecule has 0 saturated carbocycles. The van der Waals surface area contributed by atoms with Crippen LogP contribution in [0.4, 0.5) is 0 Å². The molecular formula is C13H22O4S. The third kappa shape index (κ3) is 5.29. The van der Waals surface area contributed by atoms with Gasteiger partial charge in [0.05, 0.1) is 0 Å². The number of hydrogen-bond donors (Lipinski definition) is 1. The van der Waals surface area contributed by atoms with Gasteiger partial charge in [-0.05, 0) is 18.6 Å². The Morgan fingerprint density at radius 3 is 2.67 bits per heavy atom. The quantitative estimate of drug-likeness (QED) is 0.544. The van der Waals surface area contributed by atoms with Crippen molar-refractivity contribution in [3.63, 3.8) is 0 Å². The first-order valence-electron chi connectivity index (χ1n) is 6.69. The zero-order valence-corrected chi connectivity index (χ0v) is 11.7. The number of carboxylic acids is 1. The third-order valence-corrected chi connectivity index (χ3v) is 4.38. The highest BCUT2D eigenvalue weighted by atomic mass is 32.2. The highest BCUT2D eigenvalue weighted by Gasteiger charge is 2.36. The summed E-state index contributed by atoms with van der Waals surface area (Å²) in [4.78, 5) is 22.5. The fourth-order valence-corrected chi connectivity index (χ4v) is 3.19. The molecule has 18 heavy (non-hydrogen) atoms. The van der Waals surface area contributed by atoms with Gasteiger partial charge in [-0.1, -0.05) is 32.6 Å². The van der Waals surface area contributed by atoms with Gasteiger partial charge in [0.15, 0.2) is 0 Å². The summed E-state index contributed by atoms with van der Waals surface area (Å²) in [5.41, 5.74) is 0. The molecule has 2 unspecified atom stereocenters. The largest absolute Gasteiger partial charge is 0.480 e. The lowest BCUT2D eigenvalue weighted by atomic mass is 10.1. The van der Waals surface area contributed by atoms with Crippen LogP contribution in [0.5, 0.6) is 0 Å². The van der Waals surface area contributed by atoms with E-state index in [4.69, 9.17) is 9.84 Å². The van der Waals surface area contributed by atoms with Gasteiger partial charge in [-0.2, -0.15) is 0 Å². The lowest BCUT2D eigenvalue weighted by Gasteiger charge is -2.15. The van der Waals surface area contributed by atoms with Crippen LogP contribution in [0.2, 0.25) is 0 Å². The Kier molecular flexibility index (Phi) is 7.16. The molecule has 4 nitrogen and oxygen atoms in total. The number of rotatable bonds is 8. The molecule has 5 heteroatoms. The summed E-state index contributed by atoms with van der Waals surface area (Å²) >= 11 is 1.36. The third-order valence-electron chi connectivity index (χ3n) is 3.05. The predicted molar refractivity (Wildman–Crippen MR) is 71.8 cm³/mol. The van der Waals surface area contributed by atoms with Crippen LogP contribution in [0.15, 0.2) is 0 Å². The zero-order chi connectivity index (χ0) is 13.4. The average Bonchev–Trinajstić information content (AvgIpc) is 2.77. The number of esters is 1. The second kappa shape index (κ2) is 8.40. The highest BCUT2D eigenvalue weighted by Crippen LogP contribution is 2.29. The molecule has 0 radical (unpaired) electrons. The van der Waals surface area contributed by atoms with Crippen molar-refractivity contribution < 1.29 is 19.4 Å². The average molecular weight is 274 g/mol. The lowest BCUT2D eigenvalue weighted by Crippen LogP contribution is -2.31. The summed E-state index contributed by atoms with van der Waals surface area (Å²) in [6.07, 6.45) is 6.07. The van der Waals surface area contributed by atoms with Crippen molar-refractivity contribution in [3.05, 3.63) is 0 Å². The van der Waals surface area contributed by atoms with Gasteiger partial charge in [0.1, 0.15) is 11.4 Å². The van der Waals surface area contributed by atoms with E-state index >= 15 is 0 Å². The molecule has 0 aromatic rings. The molecule has 0 aliphatic carbocycles. The van der Waals surface area contributed by atoms with Crippen molar-refractivity contribution in [2.45, 2.75) is 63.2 Å². The van der Waals surface area contributed by atoms with E-state index in [0.717, 1.165) is 25.0 Å². The van der Waals surface area contributed by atoms with Gasteiger partial charge in [-0.15, -0.1) is 11.8 Å². The van der Waals surface area contributed by atoms with Crippen molar-refractivity contribution in [3.8, 4) is 0 Å². The van der Waals surface area contributed by atoms with Gasteiger partial charge in [0.2, 0.25) is 0 Å². The number of unbranched alkanes of at least 4 members (excludes halogenated alkanes) is 4. The monoisotopic (exact) mass is 274 g/mol. The minimum absolute atomic E-state index is 0.245. The second-order valence-corrected chi connectivity index (χ2v) is 5.86. The summed E-state index contributed by atoms with van der Waals surface area (Å²) in [6.45, 7) is 2.15. The number of carbonyl (C=O) groups is 2. The Labute approximate surface area is 112 Å². The summed E-state index contributed by atoms with van der Waals surface area (Å²) in [6, 6.07) is 0. The lowest BCUT2D eigenvalue weighted by molar-refractivity contribution is -0.151. The summed E-state index contributed by atoms with van der Waals surface area (Å²) in [7, 11) is 0. The van der Waals surface area contributed by atoms with E-state index in [2.05, 4.69) is 6.92 Å². The van der Waals surface area contributed by atoms with Crippen molar-refractivity contribution in [2.75, 3.05) is 5.75 Å². The molecule has 1 aliphatic rings. The fourth-order valence-electron chi connectivity index (χ4n) is 2.02. The number of hydrogen-bond acceptors (Lipinski definition) is 4. The normalized spacial score (nSPS) is 22.9. The molecule has 1 N–H and O–H groups in total. The maximum absolute atomic E-state index is 11.6. The molecule has 0 spiro atoms. The molecule has 104 valence electrons. The predicted octanol–water partition coefficient (Wildman–Crippen LogP) is 2.85. The maximum atomic E-state index is 11.6. The van der Waals surface area contributed by atoms with Gasteiger partial charge in [0, 0.05) is 6.42 Å². The first-order chi connectivity index (χ1) is 8.65. The van der Waals surface area contributed by atoms with Gasteiger partial charge in [0.25, 0.3) is 0 Å². The van der Waals surface area contributed by atoms with E-state index in [9.17, 15) is 9.59 Å². The van der Waals surface area contributed by atoms with Crippen LogP contribution < -0.4 is 0 Å². The van der Waals surface area contributed by atoms with Crippen LogP contribution in [0, 0.1) is 0 Å². The molecule has 1 rings (SSSR count). The molecule has 1 heterocycles. The number of carboxylic acid groups (broad SMARTS) is 1. The second-order valence-electron chi connectivity index (χ2n) is 4.61. The Bertz CT molecular complexity index is 280. The fraction of sp³-hybridized carbons (Fsp3) is 0.846. The zero-order valence-electron chi connectivity index (χ0n) is 10.9. The van der Waals surface area contributed by atoms with Gasteiger partial charge in [-0.3, -0.25) is 9.59 Å². The van der Waals surface area contributed by atoms with Crippen LogP contribution >= 0.6 is 11.8 Å². The molecule has 0 bridgehead atoms. The molecule has 1 aliphatic heterocycles. The van der Waals surface area contributed by atoms with Crippen LogP contribution in [-0.4, -0.2) is 34.2 Å². The number of carbonyl (C=O) groups excluding carboxylic acids is 1. The first kappa shape index (κ1) is 15.3. The van der Waals surface area contributed by atoms with E-state index in [1.165, 1.54) is 24.6 Å². The Balaban J connectivity index is 2.17. The van der Waals surface area contributed by atoms with Crippen molar-refractivity contribution in [1.29, 1.82) is 0 Å². The van der Waals surface area contributed by atoms with Crippen LogP contribution in [0.3, 0.4) is 0 Å². The number of thioether (sulfide) groups is 1. The minimum Gasteiger partial charge on any atom is -0.480 e. The smallest absolute Gasteiger partial charge is 0.320 e. The van der Waals surface area contributed by atoms with E-state index in [1.54, 1.807) is 0 Å². The van der Waals surface area contributed by atoms with Crippen molar-refractivity contribution >= 4 is 23.7 Å². The number of aliphatic carboxylic acids is 1.